The van der Waals surface area contributed by atoms with Crippen LogP contribution in [0.25, 0.3) is 11.1 Å². The number of carbonyl (C=O) groups excluding carboxylic acids is 1. The number of ether oxygens (including phenoxy) is 1. The number of benzene rings is 2. The van der Waals surface area contributed by atoms with Crippen molar-refractivity contribution in [2.75, 3.05) is 6.54 Å². The first-order valence-electron chi connectivity index (χ1n) is 10.2. The van der Waals surface area contributed by atoms with Crippen molar-refractivity contribution in [3.8, 4) is 11.1 Å². The molecular weight excluding hydrogens is 366 g/mol. The summed E-state index contributed by atoms with van der Waals surface area (Å²) in [4.78, 5) is 26.3. The van der Waals surface area contributed by atoms with E-state index in [1.807, 2.05) is 62.1 Å². The van der Waals surface area contributed by atoms with E-state index in [2.05, 4.69) is 0 Å². The second-order valence-corrected chi connectivity index (χ2v) is 8.52. The number of carboxylic acid groups (broad SMARTS) is 1. The Labute approximate surface area is 172 Å². The van der Waals surface area contributed by atoms with Gasteiger partial charge in [-0.3, -0.25) is 0 Å². The number of hydrogen-bond acceptors (Lipinski definition) is 3. The average Bonchev–Trinajstić information content (AvgIpc) is 2.93. The molecule has 1 aliphatic heterocycles. The third kappa shape index (κ3) is 5.17. The number of amides is 1. The van der Waals surface area contributed by atoms with Gasteiger partial charge in [0.15, 0.2) is 0 Å². The van der Waals surface area contributed by atoms with Crippen molar-refractivity contribution in [2.24, 2.45) is 0 Å². The standard InChI is InChI=1S/C24H29NO4/c1-24(2,3)29-23(28)25-15-8-4-5-14-21(25)18-11-9-10-17(16-18)19-12-6-7-13-20(19)22(26)27/h6-7,9-13,16,21H,4-5,8,14-15H2,1-3H3,(H,26,27)/t21-/m0/s1. The molecule has 1 aliphatic rings. The highest BCUT2D eigenvalue weighted by Gasteiger charge is 2.30. The lowest BCUT2D eigenvalue weighted by molar-refractivity contribution is 0.0163. The van der Waals surface area contributed by atoms with E-state index in [1.165, 1.54) is 0 Å². The predicted octanol–water partition coefficient (Wildman–Crippen LogP) is 5.90. The Morgan fingerprint density at radius 1 is 1.03 bits per heavy atom. The molecule has 154 valence electrons. The van der Waals surface area contributed by atoms with Gasteiger partial charge in [-0.1, -0.05) is 49.2 Å². The monoisotopic (exact) mass is 395 g/mol. The molecule has 2 aromatic carbocycles. The minimum absolute atomic E-state index is 0.0794. The Morgan fingerprint density at radius 3 is 2.52 bits per heavy atom. The molecule has 2 aromatic rings. The highest BCUT2D eigenvalue weighted by atomic mass is 16.6. The first kappa shape index (κ1) is 20.9. The Balaban J connectivity index is 1.97. The minimum atomic E-state index is -0.948. The van der Waals surface area contributed by atoms with Crippen LogP contribution in [0.5, 0.6) is 0 Å². The summed E-state index contributed by atoms with van der Waals surface area (Å²) in [5.41, 5.74) is 2.26. The fraction of sp³-hybridized carbons (Fsp3) is 0.417. The van der Waals surface area contributed by atoms with E-state index in [-0.39, 0.29) is 17.7 Å². The van der Waals surface area contributed by atoms with Crippen LogP contribution in [0.1, 0.15) is 68.4 Å². The number of aromatic carboxylic acids is 1. The van der Waals surface area contributed by atoms with Crippen LogP contribution in [0.2, 0.25) is 0 Å². The number of likely N-dealkylation sites (tertiary alicyclic amines) is 1. The number of hydrogen-bond donors (Lipinski definition) is 1. The van der Waals surface area contributed by atoms with Crippen LogP contribution < -0.4 is 0 Å². The molecule has 1 amide bonds. The first-order valence-corrected chi connectivity index (χ1v) is 10.2. The third-order valence-electron chi connectivity index (χ3n) is 5.12. The average molecular weight is 395 g/mol. The van der Waals surface area contributed by atoms with E-state index in [4.69, 9.17) is 4.74 Å². The Bertz CT molecular complexity index is 884. The van der Waals surface area contributed by atoms with Gasteiger partial charge in [-0.2, -0.15) is 0 Å². The van der Waals surface area contributed by atoms with Crippen molar-refractivity contribution in [2.45, 2.75) is 58.1 Å². The Morgan fingerprint density at radius 2 is 1.79 bits per heavy atom. The molecular formula is C24H29NO4. The van der Waals surface area contributed by atoms with E-state index in [1.54, 1.807) is 12.1 Å². The van der Waals surface area contributed by atoms with Gasteiger partial charge < -0.3 is 14.7 Å². The first-order chi connectivity index (χ1) is 13.8. The van der Waals surface area contributed by atoms with E-state index < -0.39 is 11.6 Å². The lowest BCUT2D eigenvalue weighted by Crippen LogP contribution is -2.39. The largest absolute Gasteiger partial charge is 0.478 e. The molecule has 0 radical (unpaired) electrons. The maximum Gasteiger partial charge on any atom is 0.410 e. The van der Waals surface area contributed by atoms with Crippen LogP contribution in [0.4, 0.5) is 4.79 Å². The molecule has 0 unspecified atom stereocenters. The van der Waals surface area contributed by atoms with Crippen LogP contribution in [0, 0.1) is 0 Å². The summed E-state index contributed by atoms with van der Waals surface area (Å²) in [6.07, 6.45) is 3.65. The Hall–Kier alpha value is -2.82. The molecule has 29 heavy (non-hydrogen) atoms. The molecule has 0 spiro atoms. The number of rotatable bonds is 3. The zero-order valence-electron chi connectivity index (χ0n) is 17.4. The predicted molar refractivity (Wildman–Crippen MR) is 113 cm³/mol. The maximum atomic E-state index is 12.9. The summed E-state index contributed by atoms with van der Waals surface area (Å²) in [5, 5.41) is 9.54. The van der Waals surface area contributed by atoms with Gasteiger partial charge >= 0.3 is 12.1 Å². The molecule has 1 atom stereocenters. The second kappa shape index (κ2) is 8.68. The highest BCUT2D eigenvalue weighted by molar-refractivity contribution is 5.96. The van der Waals surface area contributed by atoms with Crippen molar-refractivity contribution < 1.29 is 19.4 Å². The lowest BCUT2D eigenvalue weighted by atomic mass is 9.94. The van der Waals surface area contributed by atoms with Gasteiger partial charge in [-0.15, -0.1) is 0 Å². The summed E-state index contributed by atoms with van der Waals surface area (Å²) < 4.78 is 5.66. The molecule has 1 heterocycles. The van der Waals surface area contributed by atoms with Crippen LogP contribution in [0.3, 0.4) is 0 Å². The normalized spacial score (nSPS) is 17.5. The molecule has 0 bridgehead atoms. The number of carbonyl (C=O) groups is 2. The van der Waals surface area contributed by atoms with Crippen LogP contribution in [-0.4, -0.2) is 34.2 Å². The smallest absolute Gasteiger partial charge is 0.410 e. The highest BCUT2D eigenvalue weighted by Crippen LogP contribution is 2.34. The topological polar surface area (TPSA) is 66.8 Å². The van der Waals surface area contributed by atoms with Gasteiger partial charge in [0.05, 0.1) is 11.6 Å². The summed E-state index contributed by atoms with van der Waals surface area (Å²) in [6.45, 7) is 6.29. The molecule has 0 aromatic heterocycles. The van der Waals surface area contributed by atoms with Crippen LogP contribution in [-0.2, 0) is 4.74 Å². The van der Waals surface area contributed by atoms with Crippen LogP contribution >= 0.6 is 0 Å². The van der Waals surface area contributed by atoms with Crippen molar-refractivity contribution in [1.82, 2.24) is 4.90 Å². The van der Waals surface area contributed by atoms with Crippen molar-refractivity contribution >= 4 is 12.1 Å². The van der Waals surface area contributed by atoms with E-state index in [9.17, 15) is 14.7 Å². The number of nitrogens with zero attached hydrogens (tertiary/aromatic N) is 1. The lowest BCUT2D eigenvalue weighted by Gasteiger charge is -2.32. The molecule has 5 nitrogen and oxygen atoms in total. The fourth-order valence-corrected chi connectivity index (χ4v) is 3.83. The zero-order chi connectivity index (χ0) is 21.0. The second-order valence-electron chi connectivity index (χ2n) is 8.52. The van der Waals surface area contributed by atoms with Crippen molar-refractivity contribution in [3.05, 3.63) is 59.7 Å². The van der Waals surface area contributed by atoms with E-state index in [0.717, 1.165) is 36.8 Å². The van der Waals surface area contributed by atoms with Gasteiger partial charge in [-0.25, -0.2) is 9.59 Å². The van der Waals surface area contributed by atoms with E-state index in [0.29, 0.717) is 12.1 Å². The minimum Gasteiger partial charge on any atom is -0.478 e. The Kier molecular flexibility index (Phi) is 6.26. The van der Waals surface area contributed by atoms with Crippen molar-refractivity contribution in [1.29, 1.82) is 0 Å². The number of carboxylic acids is 1. The molecule has 1 N–H and O–H groups in total. The zero-order valence-corrected chi connectivity index (χ0v) is 17.4. The molecule has 0 saturated carbocycles. The summed E-state index contributed by atoms with van der Waals surface area (Å²) in [5.74, 6) is -0.948. The van der Waals surface area contributed by atoms with Gasteiger partial charge in [-0.05, 0) is 62.4 Å². The molecule has 0 aliphatic carbocycles. The third-order valence-corrected chi connectivity index (χ3v) is 5.12. The van der Waals surface area contributed by atoms with Gasteiger partial charge in [0, 0.05) is 6.54 Å². The van der Waals surface area contributed by atoms with Gasteiger partial charge in [0.1, 0.15) is 5.60 Å². The summed E-state index contributed by atoms with van der Waals surface area (Å²) >= 11 is 0. The molecule has 5 heteroatoms. The maximum absolute atomic E-state index is 12.9. The fourth-order valence-electron chi connectivity index (χ4n) is 3.83. The van der Waals surface area contributed by atoms with Crippen molar-refractivity contribution in [3.63, 3.8) is 0 Å². The van der Waals surface area contributed by atoms with Crippen LogP contribution in [0.15, 0.2) is 48.5 Å². The molecule has 3 rings (SSSR count). The van der Waals surface area contributed by atoms with E-state index >= 15 is 0 Å². The van der Waals surface area contributed by atoms with Gasteiger partial charge in [0.25, 0.3) is 0 Å². The SMILES string of the molecule is CC(C)(C)OC(=O)N1CCCCC[C@H]1c1cccc(-c2ccccc2C(=O)O)c1. The summed E-state index contributed by atoms with van der Waals surface area (Å²) in [6, 6.07) is 14.8. The molecule has 1 saturated heterocycles. The molecule has 1 fully saturated rings. The quantitative estimate of drug-likeness (QED) is 0.702. The van der Waals surface area contributed by atoms with Gasteiger partial charge in [0.2, 0.25) is 0 Å². The summed E-state index contributed by atoms with van der Waals surface area (Å²) in [7, 11) is 0.